The Morgan fingerprint density at radius 3 is 2.79 bits per heavy atom. The van der Waals surface area contributed by atoms with Crippen molar-refractivity contribution in [3.63, 3.8) is 0 Å². The quantitative estimate of drug-likeness (QED) is 0.388. The van der Waals surface area contributed by atoms with Gasteiger partial charge in [-0.15, -0.1) is 0 Å². The van der Waals surface area contributed by atoms with Crippen LogP contribution in [-0.4, -0.2) is 23.8 Å². The maximum absolute atomic E-state index is 10.4. The normalized spacial score (nSPS) is 20.9. The van der Waals surface area contributed by atoms with Crippen LogP contribution in [0.25, 0.3) is 0 Å². The lowest BCUT2D eigenvalue weighted by Gasteiger charge is -1.97. The predicted molar refractivity (Wildman–Crippen MR) is 54.2 cm³/mol. The van der Waals surface area contributed by atoms with Gasteiger partial charge in [-0.3, -0.25) is 0 Å². The Kier molecular flexibility index (Phi) is 4.66. The molecule has 0 bridgehead atoms. The van der Waals surface area contributed by atoms with Crippen molar-refractivity contribution in [1.82, 2.24) is 0 Å². The Morgan fingerprint density at radius 2 is 2.21 bits per heavy atom. The van der Waals surface area contributed by atoms with Crippen molar-refractivity contribution in [2.24, 2.45) is 0 Å². The highest BCUT2D eigenvalue weighted by molar-refractivity contribution is 5.85. The number of carbonyl (C=O) groups is 1. The van der Waals surface area contributed by atoms with E-state index in [0.29, 0.717) is 11.7 Å². The van der Waals surface area contributed by atoms with Gasteiger partial charge in [0.15, 0.2) is 0 Å². The fourth-order valence-electron chi connectivity index (χ4n) is 1.33. The minimum Gasteiger partial charge on any atom is -0.478 e. The zero-order chi connectivity index (χ0) is 10.4. The average molecular weight is 198 g/mol. The number of ether oxygens (including phenoxy) is 1. The van der Waals surface area contributed by atoms with Crippen molar-refractivity contribution in [1.29, 1.82) is 0 Å². The van der Waals surface area contributed by atoms with Gasteiger partial charge in [-0.2, -0.15) is 0 Å². The van der Waals surface area contributed by atoms with Crippen LogP contribution in [-0.2, 0) is 9.53 Å². The molecule has 1 unspecified atom stereocenters. The summed E-state index contributed by atoms with van der Waals surface area (Å²) in [4.78, 5) is 10.4. The molecule has 0 aliphatic carbocycles. The summed E-state index contributed by atoms with van der Waals surface area (Å²) in [7, 11) is 0. The van der Waals surface area contributed by atoms with Gasteiger partial charge in [0.1, 0.15) is 0 Å². The molecule has 1 N–H and O–H groups in total. The Morgan fingerprint density at radius 1 is 1.50 bits per heavy atom. The first kappa shape index (κ1) is 11.2. The number of carboxylic acid groups (broad SMARTS) is 1. The summed E-state index contributed by atoms with van der Waals surface area (Å²) in [6.45, 7) is 2.58. The third-order valence-electron chi connectivity index (χ3n) is 2.42. The minimum atomic E-state index is -0.809. The predicted octanol–water partition coefficient (Wildman–Crippen LogP) is 2.37. The molecule has 0 aromatic carbocycles. The Balaban J connectivity index is 1.92. The molecule has 0 aromatic rings. The molecule has 0 aromatic heterocycles. The zero-order valence-electron chi connectivity index (χ0n) is 8.66. The molecule has 0 saturated carbocycles. The van der Waals surface area contributed by atoms with Gasteiger partial charge < -0.3 is 9.84 Å². The molecule has 1 aliphatic heterocycles. The number of aliphatic carboxylic acids is 1. The second kappa shape index (κ2) is 5.81. The van der Waals surface area contributed by atoms with E-state index in [9.17, 15) is 4.79 Å². The van der Waals surface area contributed by atoms with Crippen LogP contribution in [0.15, 0.2) is 11.6 Å². The lowest BCUT2D eigenvalue weighted by molar-refractivity contribution is -0.132. The largest absolute Gasteiger partial charge is 0.478 e. The van der Waals surface area contributed by atoms with Crippen LogP contribution < -0.4 is 0 Å². The molecule has 1 saturated heterocycles. The highest BCUT2D eigenvalue weighted by atomic mass is 16.6. The van der Waals surface area contributed by atoms with Gasteiger partial charge in [0.2, 0.25) is 0 Å². The van der Waals surface area contributed by atoms with Crippen LogP contribution in [0.2, 0.25) is 0 Å². The van der Waals surface area contributed by atoms with Crippen molar-refractivity contribution in [3.8, 4) is 0 Å². The smallest absolute Gasteiger partial charge is 0.330 e. The van der Waals surface area contributed by atoms with Crippen molar-refractivity contribution < 1.29 is 14.6 Å². The molecule has 1 rings (SSSR count). The van der Waals surface area contributed by atoms with E-state index >= 15 is 0 Å². The molecule has 1 aliphatic rings. The molecule has 14 heavy (non-hydrogen) atoms. The Bertz CT molecular complexity index is 217. The van der Waals surface area contributed by atoms with Crippen molar-refractivity contribution >= 4 is 5.97 Å². The van der Waals surface area contributed by atoms with Crippen LogP contribution in [0.4, 0.5) is 0 Å². The van der Waals surface area contributed by atoms with Crippen LogP contribution >= 0.6 is 0 Å². The van der Waals surface area contributed by atoms with Crippen LogP contribution in [0, 0.1) is 0 Å². The molecule has 1 atom stereocenters. The lowest BCUT2D eigenvalue weighted by atomic mass is 10.1. The monoisotopic (exact) mass is 198 g/mol. The molecule has 3 nitrogen and oxygen atoms in total. The third kappa shape index (κ3) is 5.02. The van der Waals surface area contributed by atoms with Crippen LogP contribution in [0.5, 0.6) is 0 Å². The summed E-state index contributed by atoms with van der Waals surface area (Å²) in [5.41, 5.74) is 0.454. The number of hydrogen-bond acceptors (Lipinski definition) is 2. The van der Waals surface area contributed by atoms with Crippen LogP contribution in [0.3, 0.4) is 0 Å². The van der Waals surface area contributed by atoms with Gasteiger partial charge in [-0.1, -0.05) is 18.9 Å². The SMILES string of the molecule is CC(=CCCCCCC1CO1)C(=O)O. The second-order valence-electron chi connectivity index (χ2n) is 3.79. The molecule has 3 heteroatoms. The van der Waals surface area contributed by atoms with E-state index in [4.69, 9.17) is 9.84 Å². The number of unbranched alkanes of at least 4 members (excludes halogenated alkanes) is 3. The summed E-state index contributed by atoms with van der Waals surface area (Å²) >= 11 is 0. The van der Waals surface area contributed by atoms with Gasteiger partial charge in [0, 0.05) is 5.57 Å². The number of hydrogen-bond donors (Lipinski definition) is 1. The summed E-state index contributed by atoms with van der Waals surface area (Å²) in [6.07, 6.45) is 7.83. The Hall–Kier alpha value is -0.830. The van der Waals surface area contributed by atoms with E-state index in [1.807, 2.05) is 0 Å². The average Bonchev–Trinajstić information content (AvgIpc) is 2.94. The number of epoxide rings is 1. The molecule has 0 spiro atoms. The standard InChI is InChI=1S/C11H18O3/c1-9(11(12)13)6-4-2-3-5-7-10-8-14-10/h6,10H,2-5,7-8H2,1H3,(H,12,13). The molecule has 1 fully saturated rings. The number of rotatable bonds is 7. The van der Waals surface area contributed by atoms with E-state index in [-0.39, 0.29) is 0 Å². The maximum atomic E-state index is 10.4. The van der Waals surface area contributed by atoms with Gasteiger partial charge in [-0.25, -0.2) is 4.79 Å². The van der Waals surface area contributed by atoms with Crippen molar-refractivity contribution in [3.05, 3.63) is 11.6 Å². The first-order valence-corrected chi connectivity index (χ1v) is 5.22. The molecule has 1 heterocycles. The maximum Gasteiger partial charge on any atom is 0.330 e. The van der Waals surface area contributed by atoms with E-state index in [2.05, 4.69) is 0 Å². The molecule has 0 amide bonds. The van der Waals surface area contributed by atoms with Gasteiger partial charge in [-0.05, 0) is 26.2 Å². The van der Waals surface area contributed by atoms with E-state index in [1.165, 1.54) is 19.3 Å². The zero-order valence-corrected chi connectivity index (χ0v) is 8.66. The Labute approximate surface area is 84.8 Å². The van der Waals surface area contributed by atoms with Gasteiger partial charge >= 0.3 is 5.97 Å². The first-order chi connectivity index (χ1) is 6.70. The number of allylic oxidation sites excluding steroid dienone is 1. The lowest BCUT2D eigenvalue weighted by Crippen LogP contribution is -1.95. The highest BCUT2D eigenvalue weighted by Crippen LogP contribution is 2.17. The molecular weight excluding hydrogens is 180 g/mol. The third-order valence-corrected chi connectivity index (χ3v) is 2.42. The van der Waals surface area contributed by atoms with Crippen molar-refractivity contribution in [2.45, 2.75) is 45.1 Å². The first-order valence-electron chi connectivity index (χ1n) is 5.22. The fourth-order valence-corrected chi connectivity index (χ4v) is 1.33. The fraction of sp³-hybridized carbons (Fsp3) is 0.727. The molecule has 0 radical (unpaired) electrons. The van der Waals surface area contributed by atoms with E-state index < -0.39 is 5.97 Å². The highest BCUT2D eigenvalue weighted by Gasteiger charge is 2.20. The summed E-state index contributed by atoms with van der Waals surface area (Å²) in [5, 5.41) is 8.58. The summed E-state index contributed by atoms with van der Waals surface area (Å²) in [5.74, 6) is -0.809. The van der Waals surface area contributed by atoms with Gasteiger partial charge in [0.05, 0.1) is 12.7 Å². The number of carboxylic acids is 1. The topological polar surface area (TPSA) is 49.8 Å². The van der Waals surface area contributed by atoms with Crippen molar-refractivity contribution in [2.75, 3.05) is 6.61 Å². The van der Waals surface area contributed by atoms with Crippen LogP contribution in [0.1, 0.15) is 39.0 Å². The van der Waals surface area contributed by atoms with E-state index in [1.54, 1.807) is 13.0 Å². The summed E-state index contributed by atoms with van der Waals surface area (Å²) < 4.78 is 5.10. The second-order valence-corrected chi connectivity index (χ2v) is 3.79. The van der Waals surface area contributed by atoms with E-state index in [0.717, 1.165) is 19.4 Å². The van der Waals surface area contributed by atoms with Gasteiger partial charge in [0.25, 0.3) is 0 Å². The minimum absolute atomic E-state index is 0.454. The molecular formula is C11H18O3. The molecule has 80 valence electrons. The summed E-state index contributed by atoms with van der Waals surface area (Å²) in [6, 6.07) is 0.